The molecule has 0 nitrogen and oxygen atoms in total. The summed E-state index contributed by atoms with van der Waals surface area (Å²) in [6.07, 6.45) is 20.3. The smallest absolute Gasteiger partial charge is 0.0272 e. The van der Waals surface area contributed by atoms with E-state index in [-0.39, 0.29) is 0 Å². The van der Waals surface area contributed by atoms with E-state index < -0.39 is 0 Å². The van der Waals surface area contributed by atoms with E-state index in [9.17, 15) is 0 Å². The Labute approximate surface area is 161 Å². The van der Waals surface area contributed by atoms with Crippen LogP contribution in [0.3, 0.4) is 0 Å². The molecule has 0 aliphatic carbocycles. The van der Waals surface area contributed by atoms with Crippen LogP contribution in [0.15, 0.2) is 0 Å². The summed E-state index contributed by atoms with van der Waals surface area (Å²) in [5, 5.41) is 1.19. The first kappa shape index (κ1) is 26.0. The Morgan fingerprint density at radius 2 is 0.870 bits per heavy atom. The summed E-state index contributed by atoms with van der Waals surface area (Å²) in [5.74, 6) is 0.743. The molecule has 0 aromatic carbocycles. The lowest BCUT2D eigenvalue weighted by molar-refractivity contribution is 0.477. The van der Waals surface area contributed by atoms with Gasteiger partial charge in [0.25, 0.3) is 0 Å². The maximum Gasteiger partial charge on any atom is 0.0272 e. The minimum Gasteiger partial charge on any atom is -0.126 e. The van der Waals surface area contributed by atoms with Gasteiger partial charge in [0.2, 0.25) is 0 Å². The van der Waals surface area contributed by atoms with Gasteiger partial charge in [-0.15, -0.1) is 11.6 Å². The fraction of sp³-hybridized carbons (Fsp3) is 1.00. The van der Waals surface area contributed by atoms with Crippen molar-refractivity contribution < 1.29 is 0 Å². The molecule has 0 amide bonds. The standard InChI is InChI=1S/C16H33Br.C5H11Cl/c1-2-3-4-5-6-7-8-9-10-11-12-13-14-15-16-17;1-5(2,3)4-6/h2-16H2,1H3;4H2,1-3H3. The second-order valence-corrected chi connectivity index (χ2v) is 9.04. The van der Waals surface area contributed by atoms with Gasteiger partial charge in [0, 0.05) is 11.2 Å². The van der Waals surface area contributed by atoms with Crippen molar-refractivity contribution in [2.24, 2.45) is 5.41 Å². The van der Waals surface area contributed by atoms with Crippen molar-refractivity contribution in [2.45, 2.75) is 118 Å². The summed E-state index contributed by atoms with van der Waals surface area (Å²) in [7, 11) is 0. The van der Waals surface area contributed by atoms with Gasteiger partial charge in [0.1, 0.15) is 0 Å². The molecule has 0 radical (unpaired) electrons. The third-order valence-electron chi connectivity index (χ3n) is 3.89. The van der Waals surface area contributed by atoms with Gasteiger partial charge in [0.15, 0.2) is 0 Å². The predicted molar refractivity (Wildman–Crippen MR) is 114 cm³/mol. The monoisotopic (exact) mass is 410 g/mol. The van der Waals surface area contributed by atoms with Crippen LogP contribution in [0.1, 0.15) is 118 Å². The number of hydrogen-bond acceptors (Lipinski definition) is 0. The van der Waals surface area contributed by atoms with Gasteiger partial charge in [-0.3, -0.25) is 0 Å². The van der Waals surface area contributed by atoms with Gasteiger partial charge in [0.05, 0.1) is 0 Å². The van der Waals surface area contributed by atoms with Crippen molar-refractivity contribution in [3.8, 4) is 0 Å². The number of halogens is 2. The van der Waals surface area contributed by atoms with E-state index in [4.69, 9.17) is 11.6 Å². The van der Waals surface area contributed by atoms with E-state index in [1.807, 2.05) is 0 Å². The fourth-order valence-corrected chi connectivity index (χ4v) is 2.69. The number of rotatable bonds is 14. The second kappa shape index (κ2) is 20.8. The van der Waals surface area contributed by atoms with E-state index in [0.717, 1.165) is 5.88 Å². The summed E-state index contributed by atoms with van der Waals surface area (Å²) in [6.45, 7) is 8.62. The maximum atomic E-state index is 5.48. The van der Waals surface area contributed by atoms with E-state index >= 15 is 0 Å². The molecule has 0 aromatic heterocycles. The molecule has 142 valence electrons. The van der Waals surface area contributed by atoms with Gasteiger partial charge in [-0.05, 0) is 11.8 Å². The molecule has 0 heterocycles. The first-order valence-corrected chi connectivity index (χ1v) is 11.8. The van der Waals surface area contributed by atoms with Gasteiger partial charge >= 0.3 is 0 Å². The summed E-state index contributed by atoms with van der Waals surface area (Å²) in [4.78, 5) is 0. The zero-order valence-corrected chi connectivity index (χ0v) is 18.9. The molecule has 0 aliphatic rings. The molecular weight excluding hydrogens is 368 g/mol. The van der Waals surface area contributed by atoms with Crippen LogP contribution in [0.25, 0.3) is 0 Å². The van der Waals surface area contributed by atoms with Crippen LogP contribution in [0.4, 0.5) is 0 Å². The molecule has 0 aliphatic heterocycles. The second-order valence-electron chi connectivity index (χ2n) is 7.98. The van der Waals surface area contributed by atoms with Crippen LogP contribution in [-0.2, 0) is 0 Å². The molecule has 0 N–H and O–H groups in total. The molecule has 0 atom stereocenters. The van der Waals surface area contributed by atoms with Gasteiger partial charge in [-0.2, -0.15) is 0 Å². The zero-order valence-electron chi connectivity index (χ0n) is 16.6. The van der Waals surface area contributed by atoms with Crippen molar-refractivity contribution in [3.63, 3.8) is 0 Å². The van der Waals surface area contributed by atoms with E-state index in [1.54, 1.807) is 0 Å². The molecule has 23 heavy (non-hydrogen) atoms. The predicted octanol–water partition coefficient (Wildman–Crippen LogP) is 9.13. The van der Waals surface area contributed by atoms with Crippen molar-refractivity contribution >= 4 is 27.5 Å². The Bertz CT molecular complexity index is 185. The third-order valence-corrected chi connectivity index (χ3v) is 5.25. The molecule has 0 spiro atoms. The Morgan fingerprint density at radius 3 is 1.09 bits per heavy atom. The average molecular weight is 412 g/mol. The van der Waals surface area contributed by atoms with Gasteiger partial charge in [-0.1, -0.05) is 127 Å². The molecule has 2 heteroatoms. The van der Waals surface area contributed by atoms with Gasteiger partial charge in [-0.25, -0.2) is 0 Å². The minimum atomic E-state index is 0.307. The van der Waals surface area contributed by atoms with Gasteiger partial charge < -0.3 is 0 Å². The van der Waals surface area contributed by atoms with Crippen LogP contribution in [-0.4, -0.2) is 11.2 Å². The fourth-order valence-electron chi connectivity index (χ4n) is 2.29. The molecule has 0 unspecified atom stereocenters. The van der Waals surface area contributed by atoms with Crippen molar-refractivity contribution in [1.29, 1.82) is 0 Å². The lowest BCUT2D eigenvalue weighted by atomic mass is 10.0. The molecule has 0 aromatic rings. The van der Waals surface area contributed by atoms with Crippen molar-refractivity contribution in [3.05, 3.63) is 0 Å². The highest BCUT2D eigenvalue weighted by atomic mass is 79.9. The number of hydrogen-bond donors (Lipinski definition) is 0. The number of unbranched alkanes of at least 4 members (excludes halogenated alkanes) is 13. The largest absolute Gasteiger partial charge is 0.126 e. The molecule has 0 saturated carbocycles. The summed E-state index contributed by atoms with van der Waals surface area (Å²) in [5.41, 5.74) is 0.307. The maximum absolute atomic E-state index is 5.48. The molecule has 0 rings (SSSR count). The normalized spacial score (nSPS) is 11.2. The lowest BCUT2D eigenvalue weighted by Crippen LogP contribution is -2.05. The topological polar surface area (TPSA) is 0 Å². The van der Waals surface area contributed by atoms with Crippen LogP contribution in [0.2, 0.25) is 0 Å². The van der Waals surface area contributed by atoms with E-state index in [2.05, 4.69) is 43.6 Å². The van der Waals surface area contributed by atoms with Crippen molar-refractivity contribution in [1.82, 2.24) is 0 Å². The van der Waals surface area contributed by atoms with Crippen LogP contribution < -0.4 is 0 Å². The van der Waals surface area contributed by atoms with E-state index in [1.165, 1.54) is 95.2 Å². The molecule has 0 bridgehead atoms. The summed E-state index contributed by atoms with van der Waals surface area (Å²) < 4.78 is 0. The first-order valence-electron chi connectivity index (χ1n) is 10.1. The highest BCUT2D eigenvalue weighted by molar-refractivity contribution is 9.09. The highest BCUT2D eigenvalue weighted by Gasteiger charge is 2.05. The number of alkyl halides is 2. The van der Waals surface area contributed by atoms with Crippen LogP contribution >= 0.6 is 27.5 Å². The van der Waals surface area contributed by atoms with Crippen LogP contribution in [0.5, 0.6) is 0 Å². The Kier molecular flexibility index (Phi) is 23.5. The Hall–Kier alpha value is 0.770. The Morgan fingerprint density at radius 1 is 0.609 bits per heavy atom. The van der Waals surface area contributed by atoms with E-state index in [0.29, 0.717) is 5.41 Å². The summed E-state index contributed by atoms with van der Waals surface area (Å²) >= 11 is 8.96. The highest BCUT2D eigenvalue weighted by Crippen LogP contribution is 2.14. The van der Waals surface area contributed by atoms with Crippen LogP contribution in [0, 0.1) is 5.41 Å². The quantitative estimate of drug-likeness (QED) is 0.197. The summed E-state index contributed by atoms with van der Waals surface area (Å²) in [6, 6.07) is 0. The first-order chi connectivity index (χ1) is 11.0. The molecule has 0 saturated heterocycles. The Balaban J connectivity index is 0. The zero-order chi connectivity index (χ0) is 17.8. The lowest BCUT2D eigenvalue weighted by Gasteiger charge is -2.10. The molecule has 0 fully saturated rings. The third kappa shape index (κ3) is 31.1. The van der Waals surface area contributed by atoms with Crippen molar-refractivity contribution in [2.75, 3.05) is 11.2 Å². The SMILES string of the molecule is CC(C)(C)CCl.CCCCCCCCCCCCCCCCBr. The average Bonchev–Trinajstić information content (AvgIpc) is 2.52. The minimum absolute atomic E-state index is 0.307. The molecular formula is C21H44BrCl.